The predicted molar refractivity (Wildman–Crippen MR) is 53.5 cm³/mol. The number of likely N-dealkylation sites (N-methyl/N-ethyl adjacent to an activating group) is 1. The van der Waals surface area contributed by atoms with Crippen molar-refractivity contribution >= 4 is 5.97 Å². The van der Waals surface area contributed by atoms with E-state index < -0.39 is 5.60 Å². The molecule has 1 atom stereocenters. The Balaban J connectivity index is 4.23. The molecule has 0 heterocycles. The van der Waals surface area contributed by atoms with E-state index in [4.69, 9.17) is 4.74 Å². The van der Waals surface area contributed by atoms with Crippen LogP contribution in [0.5, 0.6) is 0 Å². The fraction of sp³-hybridized carbons (Fsp3) is 0.900. The molecule has 0 amide bonds. The van der Waals surface area contributed by atoms with E-state index in [1.807, 2.05) is 34.6 Å². The molecule has 0 aliphatic carbocycles. The van der Waals surface area contributed by atoms with E-state index in [1.165, 1.54) is 0 Å². The third kappa shape index (κ3) is 4.88. The van der Waals surface area contributed by atoms with Crippen molar-refractivity contribution in [1.82, 2.24) is 5.32 Å². The van der Waals surface area contributed by atoms with Crippen molar-refractivity contribution in [2.45, 2.75) is 46.3 Å². The number of rotatable bonds is 3. The molecule has 0 saturated carbocycles. The molecule has 3 nitrogen and oxygen atoms in total. The normalized spacial score (nSPS) is 14.4. The fourth-order valence-corrected chi connectivity index (χ4v) is 1.09. The summed E-state index contributed by atoms with van der Waals surface area (Å²) in [5, 5.41) is 2.95. The van der Waals surface area contributed by atoms with Crippen LogP contribution in [-0.4, -0.2) is 24.7 Å². The molecule has 0 radical (unpaired) electrons. The topological polar surface area (TPSA) is 38.3 Å². The van der Waals surface area contributed by atoms with Gasteiger partial charge in [0.05, 0.1) is 0 Å². The first kappa shape index (κ1) is 12.4. The lowest BCUT2D eigenvalue weighted by molar-refractivity contribution is -0.158. The second-order valence-corrected chi connectivity index (χ2v) is 4.54. The summed E-state index contributed by atoms with van der Waals surface area (Å²) in [4.78, 5) is 11.5. The highest BCUT2D eigenvalue weighted by molar-refractivity contribution is 5.76. The third-order valence-corrected chi connectivity index (χ3v) is 1.64. The molecule has 1 N–H and O–H groups in total. The van der Waals surface area contributed by atoms with Crippen LogP contribution in [0.1, 0.15) is 34.6 Å². The quantitative estimate of drug-likeness (QED) is 0.682. The number of ether oxygens (including phenoxy) is 1. The van der Waals surface area contributed by atoms with Gasteiger partial charge >= 0.3 is 5.97 Å². The van der Waals surface area contributed by atoms with Crippen LogP contribution < -0.4 is 5.32 Å². The number of carbonyl (C=O) groups excluding carboxylic acids is 1. The maximum Gasteiger partial charge on any atom is 0.323 e. The van der Waals surface area contributed by atoms with E-state index >= 15 is 0 Å². The highest BCUT2D eigenvalue weighted by Crippen LogP contribution is 2.11. The zero-order valence-corrected chi connectivity index (χ0v) is 9.47. The molecule has 0 aliphatic heterocycles. The maximum atomic E-state index is 11.5. The molecular formula is C10H21NO2. The molecule has 0 aromatic carbocycles. The van der Waals surface area contributed by atoms with Gasteiger partial charge in [0.25, 0.3) is 0 Å². The number of esters is 1. The van der Waals surface area contributed by atoms with Crippen LogP contribution in [0.15, 0.2) is 0 Å². The fourth-order valence-electron chi connectivity index (χ4n) is 1.09. The van der Waals surface area contributed by atoms with Gasteiger partial charge in [-0.3, -0.25) is 4.79 Å². The number of carbonyl (C=O) groups is 1. The molecule has 0 bridgehead atoms. The third-order valence-electron chi connectivity index (χ3n) is 1.64. The van der Waals surface area contributed by atoms with E-state index in [-0.39, 0.29) is 17.9 Å². The van der Waals surface area contributed by atoms with Gasteiger partial charge in [-0.2, -0.15) is 0 Å². The Morgan fingerprint density at radius 3 is 2.00 bits per heavy atom. The maximum absolute atomic E-state index is 11.5. The molecule has 0 aliphatic rings. The molecule has 0 aromatic heterocycles. The summed E-state index contributed by atoms with van der Waals surface area (Å²) in [7, 11) is 1.77. The first-order valence-corrected chi connectivity index (χ1v) is 4.68. The minimum absolute atomic E-state index is 0.176. The van der Waals surface area contributed by atoms with Crippen LogP contribution >= 0.6 is 0 Å². The van der Waals surface area contributed by atoms with Crippen molar-refractivity contribution in [1.29, 1.82) is 0 Å². The molecule has 0 aromatic rings. The van der Waals surface area contributed by atoms with Gasteiger partial charge in [0.2, 0.25) is 0 Å². The zero-order chi connectivity index (χ0) is 10.6. The number of hydrogen-bond acceptors (Lipinski definition) is 3. The second kappa shape index (κ2) is 4.61. The van der Waals surface area contributed by atoms with Gasteiger partial charge in [-0.1, -0.05) is 13.8 Å². The van der Waals surface area contributed by atoms with Gasteiger partial charge in [-0.25, -0.2) is 0 Å². The Kier molecular flexibility index (Phi) is 4.40. The smallest absolute Gasteiger partial charge is 0.323 e. The molecule has 0 rings (SSSR count). The lowest BCUT2D eigenvalue weighted by Crippen LogP contribution is -2.42. The minimum Gasteiger partial charge on any atom is -0.459 e. The summed E-state index contributed by atoms with van der Waals surface area (Å²) in [6, 6.07) is -0.209. The first-order valence-electron chi connectivity index (χ1n) is 4.68. The van der Waals surface area contributed by atoms with Gasteiger partial charge < -0.3 is 10.1 Å². The van der Waals surface area contributed by atoms with Crippen molar-refractivity contribution in [2.75, 3.05) is 7.05 Å². The van der Waals surface area contributed by atoms with Crippen LogP contribution in [0.25, 0.3) is 0 Å². The van der Waals surface area contributed by atoms with E-state index in [2.05, 4.69) is 5.32 Å². The molecule has 1 unspecified atom stereocenters. The van der Waals surface area contributed by atoms with Crippen molar-refractivity contribution < 1.29 is 9.53 Å². The second-order valence-electron chi connectivity index (χ2n) is 4.54. The van der Waals surface area contributed by atoms with E-state index in [9.17, 15) is 4.79 Å². The van der Waals surface area contributed by atoms with E-state index in [1.54, 1.807) is 7.05 Å². The average Bonchev–Trinajstić information content (AvgIpc) is 1.82. The molecule has 0 spiro atoms. The standard InChI is InChI=1S/C10H21NO2/c1-7(2)8(11-6)9(12)13-10(3,4)5/h7-8,11H,1-6H3. The first-order chi connectivity index (χ1) is 5.78. The van der Waals surface area contributed by atoms with Gasteiger partial charge in [0, 0.05) is 0 Å². The molecule has 3 heteroatoms. The summed E-state index contributed by atoms with van der Waals surface area (Å²) in [5.74, 6) is 0.0739. The summed E-state index contributed by atoms with van der Waals surface area (Å²) in [5.41, 5.74) is -0.402. The Labute approximate surface area is 80.8 Å². The Morgan fingerprint density at radius 1 is 1.31 bits per heavy atom. The predicted octanol–water partition coefficient (Wildman–Crippen LogP) is 1.57. The Bertz CT molecular complexity index is 170. The number of hydrogen-bond donors (Lipinski definition) is 1. The van der Waals surface area contributed by atoms with Gasteiger partial charge in [0.1, 0.15) is 11.6 Å². The van der Waals surface area contributed by atoms with Crippen molar-refractivity contribution in [3.8, 4) is 0 Å². The molecule has 0 saturated heterocycles. The van der Waals surface area contributed by atoms with Crippen molar-refractivity contribution in [2.24, 2.45) is 5.92 Å². The summed E-state index contributed by atoms with van der Waals surface area (Å²) in [6.45, 7) is 9.60. The van der Waals surface area contributed by atoms with Gasteiger partial charge in [0.15, 0.2) is 0 Å². The molecule has 78 valence electrons. The van der Waals surface area contributed by atoms with Crippen LogP contribution in [0.2, 0.25) is 0 Å². The molecular weight excluding hydrogens is 166 g/mol. The minimum atomic E-state index is -0.402. The van der Waals surface area contributed by atoms with Crippen LogP contribution in [0.4, 0.5) is 0 Å². The van der Waals surface area contributed by atoms with Gasteiger partial charge in [-0.05, 0) is 33.7 Å². The number of nitrogens with one attached hydrogen (secondary N) is 1. The summed E-state index contributed by atoms with van der Waals surface area (Å²) < 4.78 is 5.25. The lowest BCUT2D eigenvalue weighted by atomic mass is 10.0. The summed E-state index contributed by atoms with van der Waals surface area (Å²) >= 11 is 0. The van der Waals surface area contributed by atoms with Crippen molar-refractivity contribution in [3.05, 3.63) is 0 Å². The van der Waals surface area contributed by atoms with Crippen LogP contribution in [0.3, 0.4) is 0 Å². The molecule has 13 heavy (non-hydrogen) atoms. The highest BCUT2D eigenvalue weighted by atomic mass is 16.6. The summed E-state index contributed by atoms with van der Waals surface area (Å²) in [6.07, 6.45) is 0. The average molecular weight is 187 g/mol. The van der Waals surface area contributed by atoms with Crippen LogP contribution in [0, 0.1) is 5.92 Å². The largest absolute Gasteiger partial charge is 0.459 e. The van der Waals surface area contributed by atoms with E-state index in [0.29, 0.717) is 0 Å². The lowest BCUT2D eigenvalue weighted by Gasteiger charge is -2.25. The highest BCUT2D eigenvalue weighted by Gasteiger charge is 2.25. The zero-order valence-electron chi connectivity index (χ0n) is 9.47. The monoisotopic (exact) mass is 187 g/mol. The van der Waals surface area contributed by atoms with Crippen LogP contribution in [-0.2, 0) is 9.53 Å². The Morgan fingerprint density at radius 2 is 1.77 bits per heavy atom. The van der Waals surface area contributed by atoms with E-state index in [0.717, 1.165) is 0 Å². The molecule has 0 fully saturated rings. The van der Waals surface area contributed by atoms with Gasteiger partial charge in [-0.15, -0.1) is 0 Å². The SMILES string of the molecule is CNC(C(=O)OC(C)(C)C)C(C)C. The Hall–Kier alpha value is -0.570. The van der Waals surface area contributed by atoms with Crippen molar-refractivity contribution in [3.63, 3.8) is 0 Å².